The minimum absolute atomic E-state index is 0.117. The van der Waals surface area contributed by atoms with Crippen LogP contribution >= 0.6 is 0 Å². The zero-order chi connectivity index (χ0) is 16.2. The molecule has 1 aliphatic rings. The van der Waals surface area contributed by atoms with E-state index in [-0.39, 0.29) is 18.0 Å². The number of fused-ring (bicyclic) bond motifs is 1. The first kappa shape index (κ1) is 15.4. The van der Waals surface area contributed by atoms with Crippen LogP contribution in [0.5, 0.6) is 0 Å². The van der Waals surface area contributed by atoms with E-state index in [1.165, 1.54) is 0 Å². The maximum Gasteiger partial charge on any atom is 0.316 e. The minimum atomic E-state index is -0.472. The number of hydrogen-bond acceptors (Lipinski definition) is 3. The lowest BCUT2D eigenvalue weighted by atomic mass is 10.1. The van der Waals surface area contributed by atoms with E-state index in [1.54, 1.807) is 0 Å². The van der Waals surface area contributed by atoms with Crippen molar-refractivity contribution in [1.82, 2.24) is 16.0 Å². The second kappa shape index (κ2) is 6.73. The third-order valence-corrected chi connectivity index (χ3v) is 4.06. The summed E-state index contributed by atoms with van der Waals surface area (Å²) in [6.45, 7) is 2.53. The topological polar surface area (TPSA) is 83.4 Å². The van der Waals surface area contributed by atoms with E-state index in [9.17, 15) is 9.59 Å². The lowest BCUT2D eigenvalue weighted by molar-refractivity contribution is -0.122. The van der Waals surface area contributed by atoms with Gasteiger partial charge in [0.2, 0.25) is 5.91 Å². The lowest BCUT2D eigenvalue weighted by Crippen LogP contribution is -2.49. The second-order valence-corrected chi connectivity index (χ2v) is 5.87. The zero-order valence-electron chi connectivity index (χ0n) is 13.1. The predicted octanol–water partition coefficient (Wildman–Crippen LogP) is 2.46. The molecule has 0 spiro atoms. The van der Waals surface area contributed by atoms with Gasteiger partial charge in [-0.2, -0.15) is 0 Å². The number of benzene rings is 1. The Labute approximate surface area is 134 Å². The van der Waals surface area contributed by atoms with E-state index < -0.39 is 6.04 Å². The SMILES string of the molecule is C[C@@H](NC(=O)N[C@H]1CCCCNC1=O)c1cc2ccccc2o1. The molecule has 2 heterocycles. The number of para-hydroxylation sites is 1. The van der Waals surface area contributed by atoms with E-state index in [0.29, 0.717) is 18.7 Å². The van der Waals surface area contributed by atoms with Gasteiger partial charge in [-0.3, -0.25) is 4.79 Å². The van der Waals surface area contributed by atoms with Crippen LogP contribution in [0.3, 0.4) is 0 Å². The highest BCUT2D eigenvalue weighted by Gasteiger charge is 2.23. The summed E-state index contributed by atoms with van der Waals surface area (Å²) in [5.74, 6) is 0.570. The van der Waals surface area contributed by atoms with Crippen molar-refractivity contribution in [2.24, 2.45) is 0 Å². The minimum Gasteiger partial charge on any atom is -0.459 e. The van der Waals surface area contributed by atoms with Gasteiger partial charge in [0, 0.05) is 11.9 Å². The monoisotopic (exact) mass is 315 g/mol. The highest BCUT2D eigenvalue weighted by molar-refractivity contribution is 5.87. The molecule has 0 saturated carbocycles. The van der Waals surface area contributed by atoms with Gasteiger partial charge < -0.3 is 20.4 Å². The molecule has 0 unspecified atom stereocenters. The third kappa shape index (κ3) is 3.64. The van der Waals surface area contributed by atoms with Crippen LogP contribution in [-0.2, 0) is 4.79 Å². The van der Waals surface area contributed by atoms with Crippen molar-refractivity contribution in [3.63, 3.8) is 0 Å². The molecule has 0 radical (unpaired) electrons. The van der Waals surface area contributed by atoms with Crippen molar-refractivity contribution in [2.75, 3.05) is 6.54 Å². The second-order valence-electron chi connectivity index (χ2n) is 5.87. The van der Waals surface area contributed by atoms with Crippen LogP contribution in [0.25, 0.3) is 11.0 Å². The summed E-state index contributed by atoms with van der Waals surface area (Å²) in [4.78, 5) is 24.0. The van der Waals surface area contributed by atoms with Gasteiger partial charge in [-0.1, -0.05) is 18.2 Å². The van der Waals surface area contributed by atoms with Gasteiger partial charge in [0.05, 0.1) is 6.04 Å². The number of nitrogens with one attached hydrogen (secondary N) is 3. The fourth-order valence-corrected chi connectivity index (χ4v) is 2.76. The van der Waals surface area contributed by atoms with Crippen LogP contribution < -0.4 is 16.0 Å². The number of urea groups is 1. The largest absolute Gasteiger partial charge is 0.459 e. The van der Waals surface area contributed by atoms with E-state index in [4.69, 9.17) is 4.42 Å². The Hall–Kier alpha value is -2.50. The van der Waals surface area contributed by atoms with Crippen LogP contribution in [0.15, 0.2) is 34.7 Å². The summed E-state index contributed by atoms with van der Waals surface area (Å²) < 4.78 is 5.74. The summed E-state index contributed by atoms with van der Waals surface area (Å²) in [6, 6.07) is 8.50. The first-order valence-corrected chi connectivity index (χ1v) is 7.97. The lowest BCUT2D eigenvalue weighted by Gasteiger charge is -2.18. The molecule has 0 aliphatic carbocycles. The van der Waals surface area contributed by atoms with E-state index in [1.807, 2.05) is 37.3 Å². The number of hydrogen-bond donors (Lipinski definition) is 3. The van der Waals surface area contributed by atoms with Gasteiger partial charge in [0.15, 0.2) is 0 Å². The zero-order valence-corrected chi connectivity index (χ0v) is 13.1. The molecule has 1 aliphatic heterocycles. The van der Waals surface area contributed by atoms with Crippen LogP contribution in [0.1, 0.15) is 38.0 Å². The Morgan fingerprint density at radius 1 is 1.35 bits per heavy atom. The predicted molar refractivity (Wildman–Crippen MR) is 86.9 cm³/mol. The molecule has 3 amide bonds. The third-order valence-electron chi connectivity index (χ3n) is 4.06. The highest BCUT2D eigenvalue weighted by Crippen LogP contribution is 2.23. The maximum atomic E-state index is 12.1. The molecule has 2 atom stereocenters. The number of furan rings is 1. The van der Waals surface area contributed by atoms with Crippen LogP contribution in [0.4, 0.5) is 4.79 Å². The smallest absolute Gasteiger partial charge is 0.316 e. The molecule has 1 saturated heterocycles. The number of carbonyl (C=O) groups is 2. The first-order chi connectivity index (χ1) is 11.1. The fourth-order valence-electron chi connectivity index (χ4n) is 2.76. The molecule has 0 bridgehead atoms. The Morgan fingerprint density at radius 3 is 3.00 bits per heavy atom. The molecule has 3 rings (SSSR count). The summed E-state index contributed by atoms with van der Waals surface area (Å²) >= 11 is 0. The van der Waals surface area contributed by atoms with E-state index in [0.717, 1.165) is 23.8 Å². The molecule has 2 aromatic rings. The van der Waals surface area contributed by atoms with Gasteiger partial charge >= 0.3 is 6.03 Å². The molecular weight excluding hydrogens is 294 g/mol. The van der Waals surface area contributed by atoms with Crippen molar-refractivity contribution in [3.8, 4) is 0 Å². The summed E-state index contributed by atoms with van der Waals surface area (Å²) in [5.41, 5.74) is 0.791. The molecule has 23 heavy (non-hydrogen) atoms. The van der Waals surface area contributed by atoms with Crippen LogP contribution in [0.2, 0.25) is 0 Å². The van der Waals surface area contributed by atoms with Crippen molar-refractivity contribution >= 4 is 22.9 Å². The van der Waals surface area contributed by atoms with Crippen molar-refractivity contribution in [2.45, 2.75) is 38.3 Å². The molecule has 3 N–H and O–H groups in total. The Kier molecular flexibility index (Phi) is 4.50. The average Bonchev–Trinajstić information content (AvgIpc) is 2.87. The highest BCUT2D eigenvalue weighted by atomic mass is 16.3. The molecule has 6 nitrogen and oxygen atoms in total. The summed E-state index contributed by atoms with van der Waals surface area (Å²) in [7, 11) is 0. The normalized spacial score (nSPS) is 19.7. The standard InChI is InChI=1S/C17H21N3O3/c1-11(15-10-12-6-2-3-8-14(12)23-15)19-17(22)20-13-7-4-5-9-18-16(13)21/h2-3,6,8,10-11,13H,4-5,7,9H2,1H3,(H,18,21)(H2,19,20,22)/t11-,13+/m1/s1. The Morgan fingerprint density at radius 2 is 2.17 bits per heavy atom. The molecule has 1 aromatic carbocycles. The maximum absolute atomic E-state index is 12.1. The van der Waals surface area contributed by atoms with E-state index in [2.05, 4.69) is 16.0 Å². The fraction of sp³-hybridized carbons (Fsp3) is 0.412. The van der Waals surface area contributed by atoms with Gasteiger partial charge in [-0.05, 0) is 38.3 Å². The summed E-state index contributed by atoms with van der Waals surface area (Å²) in [5, 5.41) is 9.36. The quantitative estimate of drug-likeness (QED) is 0.813. The average molecular weight is 315 g/mol. The molecule has 1 aromatic heterocycles. The summed E-state index contributed by atoms with van der Waals surface area (Å²) in [6.07, 6.45) is 2.53. The van der Waals surface area contributed by atoms with Gasteiger partial charge in [0.1, 0.15) is 17.4 Å². The van der Waals surface area contributed by atoms with Crippen molar-refractivity contribution in [3.05, 3.63) is 36.1 Å². The molecule has 1 fully saturated rings. The Balaban J connectivity index is 1.61. The van der Waals surface area contributed by atoms with Gasteiger partial charge in [-0.25, -0.2) is 4.79 Å². The number of rotatable bonds is 3. The van der Waals surface area contributed by atoms with E-state index >= 15 is 0 Å². The molecular formula is C17H21N3O3. The number of amides is 3. The van der Waals surface area contributed by atoms with Crippen molar-refractivity contribution in [1.29, 1.82) is 0 Å². The van der Waals surface area contributed by atoms with Gasteiger partial charge in [0.25, 0.3) is 0 Å². The number of carbonyl (C=O) groups excluding carboxylic acids is 2. The van der Waals surface area contributed by atoms with Crippen molar-refractivity contribution < 1.29 is 14.0 Å². The van der Waals surface area contributed by atoms with Crippen LogP contribution in [-0.4, -0.2) is 24.5 Å². The Bertz CT molecular complexity index is 677. The molecule has 6 heteroatoms. The molecule has 122 valence electrons. The van der Waals surface area contributed by atoms with Gasteiger partial charge in [-0.15, -0.1) is 0 Å². The first-order valence-electron chi connectivity index (χ1n) is 7.97. The van der Waals surface area contributed by atoms with Crippen LogP contribution in [0, 0.1) is 0 Å².